The van der Waals surface area contributed by atoms with Crippen molar-refractivity contribution in [2.45, 2.75) is 12.8 Å². The van der Waals surface area contributed by atoms with Crippen molar-refractivity contribution in [3.05, 3.63) is 59.8 Å². The number of benzene rings is 2. The van der Waals surface area contributed by atoms with E-state index in [4.69, 9.17) is 0 Å². The molecule has 0 radical (unpaired) electrons. The van der Waals surface area contributed by atoms with Crippen molar-refractivity contribution in [1.29, 1.82) is 0 Å². The molecule has 0 saturated heterocycles. The standard InChI is InChI=1S/C19H16N2/c1-2-6-16-14(5-1)18-17(20-16)11-10-13-4-3-7-15(12-8-9-12)21-19(13)18/h1-7,10-12,20-21H,8-9H2. The molecule has 2 heteroatoms. The molecule has 3 aromatic rings. The predicted molar refractivity (Wildman–Crippen MR) is 89.3 cm³/mol. The largest absolute Gasteiger partial charge is 0.358 e. The molecule has 0 amide bonds. The lowest BCUT2D eigenvalue weighted by Crippen LogP contribution is -2.02. The number of aromatic nitrogens is 1. The average molecular weight is 272 g/mol. The second-order valence-corrected chi connectivity index (χ2v) is 6.00. The predicted octanol–water partition coefficient (Wildman–Crippen LogP) is 5.05. The first-order valence-electron chi connectivity index (χ1n) is 7.59. The van der Waals surface area contributed by atoms with E-state index in [1.165, 1.54) is 51.6 Å². The van der Waals surface area contributed by atoms with Gasteiger partial charge >= 0.3 is 0 Å². The van der Waals surface area contributed by atoms with Crippen LogP contribution < -0.4 is 5.32 Å². The Morgan fingerprint density at radius 3 is 2.76 bits per heavy atom. The fraction of sp³-hybridized carbons (Fsp3) is 0.158. The van der Waals surface area contributed by atoms with Crippen molar-refractivity contribution in [3.8, 4) is 0 Å². The summed E-state index contributed by atoms with van der Waals surface area (Å²) in [6.07, 6.45) is 9.24. The number of hydrogen-bond acceptors (Lipinski definition) is 1. The maximum Gasteiger partial charge on any atom is 0.0557 e. The highest BCUT2D eigenvalue weighted by Gasteiger charge is 2.27. The van der Waals surface area contributed by atoms with Gasteiger partial charge in [0.2, 0.25) is 0 Å². The Morgan fingerprint density at radius 1 is 0.952 bits per heavy atom. The second kappa shape index (κ2) is 4.01. The molecule has 5 rings (SSSR count). The molecule has 1 fully saturated rings. The van der Waals surface area contributed by atoms with Crippen LogP contribution in [0.2, 0.25) is 0 Å². The molecule has 0 unspecified atom stereocenters. The lowest BCUT2D eigenvalue weighted by molar-refractivity contribution is 1.02. The van der Waals surface area contributed by atoms with Gasteiger partial charge in [0.1, 0.15) is 0 Å². The first kappa shape index (κ1) is 11.2. The van der Waals surface area contributed by atoms with Crippen LogP contribution in [-0.4, -0.2) is 4.98 Å². The van der Waals surface area contributed by atoms with Crippen molar-refractivity contribution in [1.82, 2.24) is 4.98 Å². The van der Waals surface area contributed by atoms with Crippen LogP contribution in [0.5, 0.6) is 0 Å². The first-order chi connectivity index (χ1) is 10.4. The summed E-state index contributed by atoms with van der Waals surface area (Å²) in [5, 5.41) is 6.32. The van der Waals surface area contributed by atoms with Crippen LogP contribution in [0.15, 0.2) is 54.2 Å². The Hall–Kier alpha value is -2.48. The Morgan fingerprint density at radius 2 is 1.86 bits per heavy atom. The van der Waals surface area contributed by atoms with Gasteiger partial charge < -0.3 is 10.3 Å². The molecule has 1 aliphatic carbocycles. The summed E-state index contributed by atoms with van der Waals surface area (Å²) in [6.45, 7) is 0. The molecule has 2 heterocycles. The highest BCUT2D eigenvalue weighted by Crippen LogP contribution is 2.41. The minimum absolute atomic E-state index is 0.723. The number of allylic oxidation sites excluding steroid dienone is 3. The molecule has 2 N–H and O–H groups in total. The SMILES string of the molecule is C1=Cc2ccc3[nH]c4ccccc4c3c2NC(C2CC2)=C1. The van der Waals surface area contributed by atoms with Crippen molar-refractivity contribution in [2.24, 2.45) is 5.92 Å². The van der Waals surface area contributed by atoms with Crippen LogP contribution in [0.4, 0.5) is 5.69 Å². The molecule has 2 aliphatic rings. The number of hydrogen-bond donors (Lipinski definition) is 2. The van der Waals surface area contributed by atoms with Crippen LogP contribution in [0.3, 0.4) is 0 Å². The van der Waals surface area contributed by atoms with E-state index in [1.807, 2.05) is 0 Å². The van der Waals surface area contributed by atoms with E-state index in [1.54, 1.807) is 0 Å². The fourth-order valence-corrected chi connectivity index (χ4v) is 3.31. The molecular formula is C19H16N2. The number of nitrogens with one attached hydrogen (secondary N) is 2. The van der Waals surface area contributed by atoms with Gasteiger partial charge in [0, 0.05) is 27.5 Å². The van der Waals surface area contributed by atoms with Gasteiger partial charge in [-0.3, -0.25) is 0 Å². The van der Waals surface area contributed by atoms with Crippen molar-refractivity contribution < 1.29 is 0 Å². The van der Waals surface area contributed by atoms with Crippen LogP contribution in [-0.2, 0) is 0 Å². The van der Waals surface area contributed by atoms with Crippen LogP contribution in [0.1, 0.15) is 18.4 Å². The Labute approximate surface area is 123 Å². The Kier molecular flexibility index (Phi) is 2.14. The van der Waals surface area contributed by atoms with E-state index in [9.17, 15) is 0 Å². The Balaban J connectivity index is 1.83. The molecule has 0 spiro atoms. The van der Waals surface area contributed by atoms with Gasteiger partial charge in [-0.05, 0) is 42.5 Å². The van der Waals surface area contributed by atoms with Crippen LogP contribution >= 0.6 is 0 Å². The molecular weight excluding hydrogens is 256 g/mol. The Bertz CT molecular complexity index is 923. The van der Waals surface area contributed by atoms with Crippen molar-refractivity contribution in [2.75, 3.05) is 5.32 Å². The monoisotopic (exact) mass is 272 g/mol. The molecule has 1 aliphatic heterocycles. The average Bonchev–Trinajstić information content (AvgIpc) is 3.30. The molecule has 2 aromatic carbocycles. The van der Waals surface area contributed by atoms with Gasteiger partial charge in [0.25, 0.3) is 0 Å². The number of rotatable bonds is 1. The van der Waals surface area contributed by atoms with E-state index >= 15 is 0 Å². The molecule has 2 nitrogen and oxygen atoms in total. The van der Waals surface area contributed by atoms with Crippen LogP contribution in [0, 0.1) is 5.92 Å². The summed E-state index contributed by atoms with van der Waals surface area (Å²) in [5.74, 6) is 0.723. The van der Waals surface area contributed by atoms with Crippen LogP contribution in [0.25, 0.3) is 27.9 Å². The second-order valence-electron chi connectivity index (χ2n) is 6.00. The third-order valence-corrected chi connectivity index (χ3v) is 4.54. The summed E-state index contributed by atoms with van der Waals surface area (Å²) < 4.78 is 0. The van der Waals surface area contributed by atoms with Gasteiger partial charge in [-0.2, -0.15) is 0 Å². The zero-order valence-corrected chi connectivity index (χ0v) is 11.7. The van der Waals surface area contributed by atoms with Gasteiger partial charge in [-0.25, -0.2) is 0 Å². The van der Waals surface area contributed by atoms with Gasteiger partial charge in [0.15, 0.2) is 0 Å². The van der Waals surface area contributed by atoms with E-state index in [-0.39, 0.29) is 0 Å². The fourth-order valence-electron chi connectivity index (χ4n) is 3.31. The maximum atomic E-state index is 3.72. The topological polar surface area (TPSA) is 27.8 Å². The third kappa shape index (κ3) is 1.65. The van der Waals surface area contributed by atoms with Gasteiger partial charge in [0.05, 0.1) is 5.69 Å². The first-order valence-corrected chi connectivity index (χ1v) is 7.59. The third-order valence-electron chi connectivity index (χ3n) is 4.54. The summed E-state index contributed by atoms with van der Waals surface area (Å²) in [7, 11) is 0. The molecule has 1 saturated carbocycles. The number of anilines is 1. The minimum atomic E-state index is 0.723. The summed E-state index contributed by atoms with van der Waals surface area (Å²) in [5.41, 5.74) is 6.28. The summed E-state index contributed by atoms with van der Waals surface area (Å²) >= 11 is 0. The minimum Gasteiger partial charge on any atom is -0.358 e. The number of aromatic amines is 1. The van der Waals surface area contributed by atoms with E-state index in [2.05, 4.69) is 64.9 Å². The maximum absolute atomic E-state index is 3.72. The highest BCUT2D eigenvalue weighted by molar-refractivity contribution is 6.15. The molecule has 21 heavy (non-hydrogen) atoms. The molecule has 102 valence electrons. The summed E-state index contributed by atoms with van der Waals surface area (Å²) in [4.78, 5) is 3.52. The van der Waals surface area contributed by atoms with E-state index in [0.717, 1.165) is 5.92 Å². The van der Waals surface area contributed by atoms with Crippen molar-refractivity contribution >= 4 is 33.6 Å². The van der Waals surface area contributed by atoms with E-state index < -0.39 is 0 Å². The zero-order chi connectivity index (χ0) is 13.8. The lowest BCUT2D eigenvalue weighted by atomic mass is 10.1. The quantitative estimate of drug-likeness (QED) is 0.637. The zero-order valence-electron chi connectivity index (χ0n) is 11.7. The lowest BCUT2D eigenvalue weighted by Gasteiger charge is -2.12. The molecule has 0 atom stereocenters. The normalized spacial score (nSPS) is 17.4. The smallest absolute Gasteiger partial charge is 0.0557 e. The van der Waals surface area contributed by atoms with Gasteiger partial charge in [-0.1, -0.05) is 36.4 Å². The molecule has 0 bridgehead atoms. The highest BCUT2D eigenvalue weighted by atomic mass is 14.9. The van der Waals surface area contributed by atoms with Gasteiger partial charge in [-0.15, -0.1) is 0 Å². The number of H-pyrrole nitrogens is 1. The number of fused-ring (bicyclic) bond motifs is 5. The molecule has 1 aromatic heterocycles. The van der Waals surface area contributed by atoms with E-state index in [0.29, 0.717) is 0 Å². The summed E-state index contributed by atoms with van der Waals surface area (Å²) in [6, 6.07) is 12.9. The number of para-hydroxylation sites is 1. The van der Waals surface area contributed by atoms with Crippen molar-refractivity contribution in [3.63, 3.8) is 0 Å².